The Balaban J connectivity index is 2.43. The van der Waals surface area contributed by atoms with Crippen LogP contribution in [0.25, 0.3) is 5.82 Å². The van der Waals surface area contributed by atoms with E-state index < -0.39 is 11.7 Å². The minimum Gasteiger partial charge on any atom is -0.463 e. The molecule has 0 unspecified atom stereocenters. The third kappa shape index (κ3) is 2.77. The van der Waals surface area contributed by atoms with Crippen LogP contribution in [-0.4, -0.2) is 26.4 Å². The summed E-state index contributed by atoms with van der Waals surface area (Å²) >= 11 is 5.78. The Morgan fingerprint density at radius 2 is 2.15 bits per heavy atom. The first-order chi connectivity index (χ1) is 9.32. The second kappa shape index (κ2) is 5.16. The number of rotatable bonds is 3. The Bertz CT molecular complexity index is 628. The van der Waals surface area contributed by atoms with Gasteiger partial charge in [-0.25, -0.2) is 4.98 Å². The van der Waals surface area contributed by atoms with Crippen LogP contribution >= 0.6 is 11.6 Å². The fourth-order valence-corrected chi connectivity index (χ4v) is 1.64. The van der Waals surface area contributed by atoms with Crippen LogP contribution in [0.2, 0.25) is 5.02 Å². The number of nitrogen functional groups attached to an aromatic ring is 1. The second-order valence-electron chi connectivity index (χ2n) is 3.62. The Labute approximate surface area is 116 Å². The maximum Gasteiger partial charge on any atom is 0.417 e. The largest absolute Gasteiger partial charge is 0.463 e. The summed E-state index contributed by atoms with van der Waals surface area (Å²) in [6, 6.07) is 0.730. The molecule has 2 aromatic rings. The monoisotopic (exact) mass is 307 g/mol. The number of hydrogen-bond acceptors (Lipinski definition) is 5. The maximum absolute atomic E-state index is 12.5. The van der Waals surface area contributed by atoms with Gasteiger partial charge in [-0.1, -0.05) is 11.6 Å². The molecule has 2 rings (SSSR count). The van der Waals surface area contributed by atoms with Gasteiger partial charge in [-0.05, 0) is 13.0 Å². The van der Waals surface area contributed by atoms with Crippen molar-refractivity contribution >= 4 is 17.5 Å². The molecular formula is C10H9ClF3N5O. The average Bonchev–Trinajstić information content (AvgIpc) is 2.69. The molecule has 0 aromatic carbocycles. The van der Waals surface area contributed by atoms with Crippen LogP contribution < -0.4 is 10.5 Å². The first-order valence-electron chi connectivity index (χ1n) is 5.41. The number of ether oxygens (including phenoxy) is 1. The number of hydrogen-bond donors (Lipinski definition) is 1. The van der Waals surface area contributed by atoms with Crippen molar-refractivity contribution in [3.05, 3.63) is 22.8 Å². The molecule has 0 spiro atoms. The smallest absolute Gasteiger partial charge is 0.417 e. The topological polar surface area (TPSA) is 78.9 Å². The normalized spacial score (nSPS) is 11.7. The van der Waals surface area contributed by atoms with Crippen LogP contribution in [0.4, 0.5) is 19.1 Å². The quantitative estimate of drug-likeness (QED) is 0.941. The van der Waals surface area contributed by atoms with E-state index in [1.807, 2.05) is 0 Å². The molecule has 0 bridgehead atoms. The van der Waals surface area contributed by atoms with Gasteiger partial charge < -0.3 is 10.5 Å². The first kappa shape index (κ1) is 14.4. The van der Waals surface area contributed by atoms with Gasteiger partial charge >= 0.3 is 12.2 Å². The van der Waals surface area contributed by atoms with E-state index in [-0.39, 0.29) is 22.8 Å². The van der Waals surface area contributed by atoms with Gasteiger partial charge in [-0.3, -0.25) is 0 Å². The van der Waals surface area contributed by atoms with Gasteiger partial charge in [0.1, 0.15) is 0 Å². The van der Waals surface area contributed by atoms with E-state index in [0.717, 1.165) is 10.7 Å². The summed E-state index contributed by atoms with van der Waals surface area (Å²) in [5, 5.41) is 3.60. The summed E-state index contributed by atoms with van der Waals surface area (Å²) in [6.07, 6.45) is -3.89. The number of aromatic nitrogens is 4. The number of alkyl halides is 3. The molecule has 0 saturated carbocycles. The van der Waals surface area contributed by atoms with Gasteiger partial charge in [0, 0.05) is 6.20 Å². The van der Waals surface area contributed by atoms with Gasteiger partial charge in [0.2, 0.25) is 5.95 Å². The molecule has 0 aliphatic rings. The van der Waals surface area contributed by atoms with Crippen LogP contribution in [0.5, 0.6) is 6.01 Å². The van der Waals surface area contributed by atoms with Crippen molar-refractivity contribution in [1.82, 2.24) is 19.7 Å². The maximum atomic E-state index is 12.5. The lowest BCUT2D eigenvalue weighted by Gasteiger charge is -2.09. The lowest BCUT2D eigenvalue weighted by atomic mass is 10.3. The van der Waals surface area contributed by atoms with Crippen molar-refractivity contribution in [3.8, 4) is 11.8 Å². The van der Waals surface area contributed by atoms with E-state index in [0.29, 0.717) is 12.8 Å². The van der Waals surface area contributed by atoms with Crippen LogP contribution in [0.15, 0.2) is 12.3 Å². The first-order valence-corrected chi connectivity index (χ1v) is 5.79. The summed E-state index contributed by atoms with van der Waals surface area (Å²) in [6.45, 7) is 2.04. The zero-order valence-corrected chi connectivity index (χ0v) is 10.9. The highest BCUT2D eigenvalue weighted by Crippen LogP contribution is 2.32. The summed E-state index contributed by atoms with van der Waals surface area (Å²) in [5.41, 5.74) is 4.62. The van der Waals surface area contributed by atoms with Gasteiger partial charge in [0.15, 0.2) is 5.82 Å². The Hall–Kier alpha value is -2.03. The number of nitrogens with zero attached hydrogens (tertiary/aromatic N) is 4. The highest BCUT2D eigenvalue weighted by Gasteiger charge is 2.32. The summed E-state index contributed by atoms with van der Waals surface area (Å²) < 4.78 is 43.6. The van der Waals surface area contributed by atoms with E-state index in [2.05, 4.69) is 15.1 Å². The van der Waals surface area contributed by atoms with E-state index in [9.17, 15) is 13.2 Å². The lowest BCUT2D eigenvalue weighted by Crippen LogP contribution is -2.09. The number of halogens is 4. The molecule has 108 valence electrons. The van der Waals surface area contributed by atoms with Gasteiger partial charge in [0.25, 0.3) is 0 Å². The van der Waals surface area contributed by atoms with E-state index in [1.54, 1.807) is 6.92 Å². The van der Waals surface area contributed by atoms with E-state index >= 15 is 0 Å². The molecule has 6 nitrogen and oxygen atoms in total. The molecule has 2 N–H and O–H groups in total. The Kier molecular flexibility index (Phi) is 3.71. The van der Waals surface area contributed by atoms with Crippen LogP contribution in [0.3, 0.4) is 0 Å². The van der Waals surface area contributed by atoms with Crippen molar-refractivity contribution in [2.45, 2.75) is 13.1 Å². The van der Waals surface area contributed by atoms with Gasteiger partial charge in [-0.15, -0.1) is 5.10 Å². The van der Waals surface area contributed by atoms with Gasteiger partial charge in [0.05, 0.1) is 17.2 Å². The van der Waals surface area contributed by atoms with Crippen molar-refractivity contribution in [3.63, 3.8) is 0 Å². The van der Waals surface area contributed by atoms with Crippen molar-refractivity contribution in [2.24, 2.45) is 0 Å². The molecule has 20 heavy (non-hydrogen) atoms. The molecule has 0 aliphatic carbocycles. The third-order valence-electron chi connectivity index (χ3n) is 2.24. The fourth-order valence-electron chi connectivity index (χ4n) is 1.39. The molecular weight excluding hydrogens is 299 g/mol. The molecule has 0 radical (unpaired) electrons. The Morgan fingerprint density at radius 3 is 2.70 bits per heavy atom. The molecule has 0 atom stereocenters. The minimum atomic E-state index is -4.53. The Morgan fingerprint density at radius 1 is 1.45 bits per heavy atom. The summed E-state index contributed by atoms with van der Waals surface area (Å²) in [7, 11) is 0. The molecule has 2 heterocycles. The highest BCUT2D eigenvalue weighted by atomic mass is 35.5. The molecule has 0 aliphatic heterocycles. The standard InChI is InChI=1S/C10H9ClF3N5O/c1-2-20-9-17-8(15)19(18-9)7-6(11)3-5(4-16-7)10(12,13)14/h3-4H,2H2,1H3,(H2,15,17,18). The van der Waals surface area contributed by atoms with Crippen molar-refractivity contribution in [1.29, 1.82) is 0 Å². The van der Waals surface area contributed by atoms with Crippen LogP contribution in [-0.2, 0) is 6.18 Å². The lowest BCUT2D eigenvalue weighted by molar-refractivity contribution is -0.137. The third-order valence-corrected chi connectivity index (χ3v) is 2.51. The second-order valence-corrected chi connectivity index (χ2v) is 4.03. The zero-order valence-electron chi connectivity index (χ0n) is 10.1. The zero-order chi connectivity index (χ0) is 14.9. The van der Waals surface area contributed by atoms with Crippen molar-refractivity contribution in [2.75, 3.05) is 12.3 Å². The SMILES string of the molecule is CCOc1nc(N)n(-c2ncc(C(F)(F)F)cc2Cl)n1. The predicted octanol–water partition coefficient (Wildman–Crippen LogP) is 2.32. The molecule has 0 saturated heterocycles. The number of nitrogens with two attached hydrogens (primary N) is 1. The van der Waals surface area contributed by atoms with Gasteiger partial charge in [-0.2, -0.15) is 22.8 Å². The van der Waals surface area contributed by atoms with E-state index in [4.69, 9.17) is 22.1 Å². The molecule has 10 heteroatoms. The van der Waals surface area contributed by atoms with E-state index in [1.165, 1.54) is 0 Å². The highest BCUT2D eigenvalue weighted by molar-refractivity contribution is 6.32. The number of anilines is 1. The number of pyridine rings is 1. The van der Waals surface area contributed by atoms with Crippen LogP contribution in [0.1, 0.15) is 12.5 Å². The summed E-state index contributed by atoms with van der Waals surface area (Å²) in [4.78, 5) is 7.40. The minimum absolute atomic E-state index is 0.0113. The predicted molar refractivity (Wildman–Crippen MR) is 64.7 cm³/mol. The molecule has 0 fully saturated rings. The summed E-state index contributed by atoms with van der Waals surface area (Å²) in [5.74, 6) is -0.154. The van der Waals surface area contributed by atoms with Crippen LogP contribution in [0, 0.1) is 0 Å². The molecule has 2 aromatic heterocycles. The molecule has 0 amide bonds. The fraction of sp³-hybridized carbons (Fsp3) is 0.300. The average molecular weight is 308 g/mol. The van der Waals surface area contributed by atoms with Crippen molar-refractivity contribution < 1.29 is 17.9 Å².